The van der Waals surface area contributed by atoms with E-state index in [9.17, 15) is 4.79 Å². The van der Waals surface area contributed by atoms with Crippen molar-refractivity contribution < 1.29 is 19.0 Å². The SMILES string of the molecule is COc1ccc(C(=O)NCC2(C)CCNCC2)c(OC)c1OC.Cl. The Morgan fingerprint density at radius 3 is 2.29 bits per heavy atom. The number of carbonyl (C=O) groups is 1. The van der Waals surface area contributed by atoms with Crippen LogP contribution in [0.25, 0.3) is 0 Å². The summed E-state index contributed by atoms with van der Waals surface area (Å²) in [5.41, 5.74) is 0.577. The number of piperidine rings is 1. The summed E-state index contributed by atoms with van der Waals surface area (Å²) in [6.07, 6.45) is 2.10. The van der Waals surface area contributed by atoms with E-state index in [-0.39, 0.29) is 23.7 Å². The first-order valence-corrected chi connectivity index (χ1v) is 7.82. The van der Waals surface area contributed by atoms with Gasteiger partial charge in [0.05, 0.1) is 26.9 Å². The molecule has 7 heteroatoms. The third-order valence-corrected chi connectivity index (χ3v) is 4.44. The van der Waals surface area contributed by atoms with Gasteiger partial charge in [-0.15, -0.1) is 12.4 Å². The summed E-state index contributed by atoms with van der Waals surface area (Å²) in [6.45, 7) is 4.84. The van der Waals surface area contributed by atoms with Crippen LogP contribution in [0.5, 0.6) is 17.2 Å². The largest absolute Gasteiger partial charge is 0.493 e. The number of benzene rings is 1. The average molecular weight is 359 g/mol. The zero-order valence-corrected chi connectivity index (χ0v) is 15.5. The minimum absolute atomic E-state index is 0. The van der Waals surface area contributed by atoms with Crippen molar-refractivity contribution in [3.8, 4) is 17.2 Å². The summed E-state index contributed by atoms with van der Waals surface area (Å²) in [6, 6.07) is 3.41. The second-order valence-corrected chi connectivity index (χ2v) is 6.13. The molecule has 1 aliphatic rings. The van der Waals surface area contributed by atoms with Gasteiger partial charge in [-0.25, -0.2) is 0 Å². The van der Waals surface area contributed by atoms with E-state index in [1.807, 2.05) is 0 Å². The van der Waals surface area contributed by atoms with E-state index in [1.165, 1.54) is 14.2 Å². The Balaban J connectivity index is 0.00000288. The zero-order valence-electron chi connectivity index (χ0n) is 14.7. The van der Waals surface area contributed by atoms with E-state index in [2.05, 4.69) is 17.6 Å². The van der Waals surface area contributed by atoms with Gasteiger partial charge in [-0.2, -0.15) is 0 Å². The van der Waals surface area contributed by atoms with Crippen molar-refractivity contribution in [3.63, 3.8) is 0 Å². The number of carbonyl (C=O) groups excluding carboxylic acids is 1. The highest BCUT2D eigenvalue weighted by Gasteiger charge is 2.28. The first kappa shape index (κ1) is 20.4. The van der Waals surface area contributed by atoms with Gasteiger partial charge in [0, 0.05) is 6.54 Å². The number of hydrogen-bond donors (Lipinski definition) is 2. The van der Waals surface area contributed by atoms with E-state index in [0.717, 1.165) is 25.9 Å². The lowest BCUT2D eigenvalue weighted by atomic mass is 9.81. The third kappa shape index (κ3) is 4.45. The number of amides is 1. The maximum absolute atomic E-state index is 12.6. The molecular weight excluding hydrogens is 332 g/mol. The predicted molar refractivity (Wildman–Crippen MR) is 95.9 cm³/mol. The summed E-state index contributed by atoms with van der Waals surface area (Å²) in [4.78, 5) is 12.6. The first-order chi connectivity index (χ1) is 11.0. The van der Waals surface area contributed by atoms with Crippen LogP contribution < -0.4 is 24.8 Å². The summed E-state index contributed by atoms with van der Waals surface area (Å²) in [5.74, 6) is 1.18. The van der Waals surface area contributed by atoms with E-state index in [4.69, 9.17) is 14.2 Å². The van der Waals surface area contributed by atoms with Crippen LogP contribution in [0.15, 0.2) is 12.1 Å². The molecule has 2 rings (SSSR count). The Kier molecular flexibility index (Phi) is 7.63. The van der Waals surface area contributed by atoms with Gasteiger partial charge in [-0.05, 0) is 43.5 Å². The highest BCUT2D eigenvalue weighted by atomic mass is 35.5. The molecule has 1 saturated heterocycles. The predicted octanol–water partition coefficient (Wildman–Crippen LogP) is 2.25. The number of halogens is 1. The van der Waals surface area contributed by atoms with Crippen molar-refractivity contribution in [3.05, 3.63) is 17.7 Å². The molecule has 1 fully saturated rings. The third-order valence-electron chi connectivity index (χ3n) is 4.44. The van der Waals surface area contributed by atoms with E-state index in [1.54, 1.807) is 19.2 Å². The smallest absolute Gasteiger partial charge is 0.255 e. The van der Waals surface area contributed by atoms with Crippen LogP contribution in [0, 0.1) is 5.41 Å². The molecule has 1 aliphatic heterocycles. The summed E-state index contributed by atoms with van der Waals surface area (Å²) in [7, 11) is 4.59. The maximum atomic E-state index is 12.6. The molecule has 1 aromatic carbocycles. The highest BCUT2D eigenvalue weighted by molar-refractivity contribution is 5.98. The molecule has 1 amide bonds. The van der Waals surface area contributed by atoms with Gasteiger partial charge in [0.15, 0.2) is 11.5 Å². The average Bonchev–Trinajstić information content (AvgIpc) is 2.58. The fourth-order valence-corrected chi connectivity index (χ4v) is 2.88. The maximum Gasteiger partial charge on any atom is 0.255 e. The molecule has 24 heavy (non-hydrogen) atoms. The lowest BCUT2D eigenvalue weighted by Gasteiger charge is -2.34. The van der Waals surface area contributed by atoms with Crippen molar-refractivity contribution in [1.29, 1.82) is 0 Å². The van der Waals surface area contributed by atoms with Crippen LogP contribution in [0.4, 0.5) is 0 Å². The lowest BCUT2D eigenvalue weighted by Crippen LogP contribution is -2.42. The van der Waals surface area contributed by atoms with Crippen molar-refractivity contribution in [2.75, 3.05) is 41.0 Å². The number of rotatable bonds is 6. The number of ether oxygens (including phenoxy) is 3. The molecule has 0 saturated carbocycles. The minimum Gasteiger partial charge on any atom is -0.493 e. The molecule has 0 unspecified atom stereocenters. The Morgan fingerprint density at radius 2 is 1.75 bits per heavy atom. The van der Waals surface area contributed by atoms with E-state index >= 15 is 0 Å². The number of nitrogens with one attached hydrogen (secondary N) is 2. The quantitative estimate of drug-likeness (QED) is 0.816. The topological polar surface area (TPSA) is 68.8 Å². The normalized spacial score (nSPS) is 15.8. The lowest BCUT2D eigenvalue weighted by molar-refractivity contribution is 0.0918. The molecule has 0 atom stereocenters. The molecule has 0 aromatic heterocycles. The molecule has 0 aliphatic carbocycles. The second-order valence-electron chi connectivity index (χ2n) is 6.13. The van der Waals surface area contributed by atoms with Crippen LogP contribution in [0.2, 0.25) is 0 Å². The Hall–Kier alpha value is -1.66. The van der Waals surface area contributed by atoms with E-state index in [0.29, 0.717) is 29.4 Å². The first-order valence-electron chi connectivity index (χ1n) is 7.82. The molecule has 0 bridgehead atoms. The molecule has 6 nitrogen and oxygen atoms in total. The molecule has 1 aromatic rings. The van der Waals surface area contributed by atoms with Crippen LogP contribution in [-0.2, 0) is 0 Å². The fraction of sp³-hybridized carbons (Fsp3) is 0.588. The van der Waals surface area contributed by atoms with Crippen LogP contribution >= 0.6 is 12.4 Å². The summed E-state index contributed by atoms with van der Waals surface area (Å²) < 4.78 is 15.9. The van der Waals surface area contributed by atoms with Crippen molar-refractivity contribution in [2.24, 2.45) is 5.41 Å². The second kappa shape index (κ2) is 8.99. The van der Waals surface area contributed by atoms with Crippen LogP contribution in [0.3, 0.4) is 0 Å². The highest BCUT2D eigenvalue weighted by Crippen LogP contribution is 2.39. The van der Waals surface area contributed by atoms with Gasteiger partial charge >= 0.3 is 0 Å². The monoisotopic (exact) mass is 358 g/mol. The van der Waals surface area contributed by atoms with Gasteiger partial charge in [-0.3, -0.25) is 4.79 Å². The van der Waals surface area contributed by atoms with Gasteiger partial charge < -0.3 is 24.8 Å². The molecule has 1 heterocycles. The summed E-state index contributed by atoms with van der Waals surface area (Å²) in [5, 5.41) is 6.37. The van der Waals surface area contributed by atoms with Crippen LogP contribution in [0.1, 0.15) is 30.1 Å². The molecule has 2 N–H and O–H groups in total. The van der Waals surface area contributed by atoms with Crippen molar-refractivity contribution in [1.82, 2.24) is 10.6 Å². The van der Waals surface area contributed by atoms with Gasteiger partial charge in [0.25, 0.3) is 5.91 Å². The van der Waals surface area contributed by atoms with Gasteiger partial charge in [0.2, 0.25) is 5.75 Å². The standard InChI is InChI=1S/C17H26N2O4.ClH/c1-17(7-9-18-10-8-17)11-19-16(20)12-5-6-13(21-2)15(23-4)14(12)22-3;/h5-6,18H,7-11H2,1-4H3,(H,19,20);1H. The molecule has 0 radical (unpaired) electrons. The zero-order chi connectivity index (χ0) is 16.9. The molecule has 0 spiro atoms. The Bertz CT molecular complexity index is 560. The van der Waals surface area contributed by atoms with E-state index < -0.39 is 0 Å². The molecular formula is C17H27ClN2O4. The minimum atomic E-state index is -0.164. The van der Waals surface area contributed by atoms with Crippen molar-refractivity contribution >= 4 is 18.3 Å². The number of hydrogen-bond acceptors (Lipinski definition) is 5. The van der Waals surface area contributed by atoms with Crippen LogP contribution in [-0.4, -0.2) is 46.9 Å². The molecule has 136 valence electrons. The Labute approximate surface area is 149 Å². The fourth-order valence-electron chi connectivity index (χ4n) is 2.88. The number of methoxy groups -OCH3 is 3. The van der Waals surface area contributed by atoms with Gasteiger partial charge in [0.1, 0.15) is 0 Å². The summed E-state index contributed by atoms with van der Waals surface area (Å²) >= 11 is 0. The van der Waals surface area contributed by atoms with Gasteiger partial charge in [-0.1, -0.05) is 6.92 Å². The Morgan fingerprint density at radius 1 is 1.12 bits per heavy atom. The van der Waals surface area contributed by atoms with Crippen molar-refractivity contribution in [2.45, 2.75) is 19.8 Å².